The van der Waals surface area contributed by atoms with Crippen molar-refractivity contribution in [2.75, 3.05) is 12.9 Å². The van der Waals surface area contributed by atoms with Crippen molar-refractivity contribution in [3.05, 3.63) is 64.5 Å². The molecule has 4 rings (SSSR count). The maximum absolute atomic E-state index is 12.1. The van der Waals surface area contributed by atoms with Gasteiger partial charge in [0.05, 0.1) is 23.1 Å². The van der Waals surface area contributed by atoms with Crippen LogP contribution in [0.15, 0.2) is 62.1 Å². The van der Waals surface area contributed by atoms with Crippen LogP contribution >= 0.6 is 23.1 Å². The lowest BCUT2D eigenvalue weighted by Gasteiger charge is -2.08. The van der Waals surface area contributed by atoms with E-state index in [1.165, 1.54) is 36.3 Å². The average Bonchev–Trinajstić information content (AvgIpc) is 3.12. The highest BCUT2D eigenvalue weighted by Crippen LogP contribution is 2.29. The Hall–Kier alpha value is -2.84. The van der Waals surface area contributed by atoms with Crippen molar-refractivity contribution >= 4 is 50.3 Å². The lowest BCUT2D eigenvalue weighted by atomic mass is 10.1. The van der Waals surface area contributed by atoms with Gasteiger partial charge in [-0.15, -0.1) is 11.3 Å². The van der Waals surface area contributed by atoms with E-state index >= 15 is 0 Å². The fraction of sp³-hybridized carbons (Fsp3) is 0.150. The average molecular weight is 413 g/mol. The fourth-order valence-electron chi connectivity index (χ4n) is 2.69. The van der Waals surface area contributed by atoms with Gasteiger partial charge in [-0.3, -0.25) is 4.79 Å². The van der Waals surface area contributed by atoms with Crippen LogP contribution in [0.5, 0.6) is 5.75 Å². The van der Waals surface area contributed by atoms with Crippen molar-refractivity contribution in [3.63, 3.8) is 0 Å². The second kappa shape index (κ2) is 8.04. The Kier molecular flexibility index (Phi) is 5.31. The first-order valence-electron chi connectivity index (χ1n) is 8.37. The number of hydrogen-bond acceptors (Lipinski definition) is 8. The first-order chi connectivity index (χ1) is 13.6. The van der Waals surface area contributed by atoms with Crippen molar-refractivity contribution in [1.82, 2.24) is 4.98 Å². The number of para-hydroxylation sites is 1. The van der Waals surface area contributed by atoms with Crippen LogP contribution < -0.4 is 10.4 Å². The van der Waals surface area contributed by atoms with Gasteiger partial charge in [0.15, 0.2) is 4.34 Å². The third kappa shape index (κ3) is 4.02. The molecular weight excluding hydrogens is 398 g/mol. The van der Waals surface area contributed by atoms with E-state index in [-0.39, 0.29) is 18.3 Å². The smallest absolute Gasteiger partial charge is 0.336 e. The van der Waals surface area contributed by atoms with E-state index < -0.39 is 5.63 Å². The maximum Gasteiger partial charge on any atom is 0.336 e. The zero-order valence-electron chi connectivity index (χ0n) is 14.8. The molecule has 0 saturated carbocycles. The van der Waals surface area contributed by atoms with Crippen molar-refractivity contribution in [2.24, 2.45) is 0 Å². The normalized spacial score (nSPS) is 11.0. The number of esters is 1. The quantitative estimate of drug-likeness (QED) is 0.266. The molecule has 8 heteroatoms. The predicted octanol–water partition coefficient (Wildman–Crippen LogP) is 4.25. The van der Waals surface area contributed by atoms with Gasteiger partial charge in [-0.05, 0) is 24.3 Å². The zero-order valence-corrected chi connectivity index (χ0v) is 16.5. The van der Waals surface area contributed by atoms with Crippen molar-refractivity contribution in [3.8, 4) is 5.75 Å². The van der Waals surface area contributed by atoms with Gasteiger partial charge in [0, 0.05) is 23.1 Å². The number of carbonyl (C=O) groups excluding carboxylic acids is 1. The molecule has 0 bridgehead atoms. The molecule has 0 aliphatic carbocycles. The summed E-state index contributed by atoms with van der Waals surface area (Å²) in [4.78, 5) is 28.4. The molecule has 0 unspecified atom stereocenters. The Bertz CT molecular complexity index is 1180. The number of ether oxygens (including phenoxy) is 2. The van der Waals surface area contributed by atoms with E-state index in [9.17, 15) is 9.59 Å². The monoisotopic (exact) mass is 413 g/mol. The van der Waals surface area contributed by atoms with E-state index in [1.54, 1.807) is 18.2 Å². The summed E-state index contributed by atoms with van der Waals surface area (Å²) in [6.07, 6.45) is 0. The third-order valence-electron chi connectivity index (χ3n) is 4.01. The number of methoxy groups -OCH3 is 1. The molecule has 28 heavy (non-hydrogen) atoms. The van der Waals surface area contributed by atoms with Gasteiger partial charge < -0.3 is 13.9 Å². The minimum Gasteiger partial charge on any atom is -0.497 e. The van der Waals surface area contributed by atoms with Gasteiger partial charge in [-0.25, -0.2) is 9.78 Å². The summed E-state index contributed by atoms with van der Waals surface area (Å²) in [6, 6.07) is 14.3. The first kappa shape index (κ1) is 18.5. The number of thioether (sulfide) groups is 1. The molecule has 4 aromatic rings. The highest BCUT2D eigenvalue weighted by Gasteiger charge is 2.12. The molecule has 6 nitrogen and oxygen atoms in total. The van der Waals surface area contributed by atoms with Gasteiger partial charge in [0.1, 0.15) is 17.9 Å². The van der Waals surface area contributed by atoms with E-state index in [0.717, 1.165) is 14.6 Å². The van der Waals surface area contributed by atoms with Crippen LogP contribution in [0.4, 0.5) is 0 Å². The third-order valence-corrected chi connectivity index (χ3v) is 6.17. The lowest BCUT2D eigenvalue weighted by molar-refractivity contribution is -0.141. The van der Waals surface area contributed by atoms with Crippen molar-refractivity contribution in [2.45, 2.75) is 10.9 Å². The molecular formula is C20H15NO5S2. The number of fused-ring (bicyclic) bond motifs is 2. The highest BCUT2D eigenvalue weighted by molar-refractivity contribution is 8.01. The summed E-state index contributed by atoms with van der Waals surface area (Å²) in [5.41, 5.74) is 1.39. The number of thiazole rings is 1. The Morgan fingerprint density at radius 3 is 2.89 bits per heavy atom. The number of rotatable bonds is 6. The topological polar surface area (TPSA) is 78.6 Å². The van der Waals surface area contributed by atoms with Crippen LogP contribution in [0.25, 0.3) is 21.2 Å². The summed E-state index contributed by atoms with van der Waals surface area (Å²) in [7, 11) is 1.54. The molecule has 0 fully saturated rings. The van der Waals surface area contributed by atoms with Gasteiger partial charge in [-0.1, -0.05) is 23.9 Å². The van der Waals surface area contributed by atoms with Crippen LogP contribution in [0.1, 0.15) is 5.56 Å². The maximum atomic E-state index is 12.1. The van der Waals surface area contributed by atoms with Crippen molar-refractivity contribution < 1.29 is 18.7 Å². The minimum atomic E-state index is -0.504. The van der Waals surface area contributed by atoms with Crippen LogP contribution in [0.2, 0.25) is 0 Å². The molecule has 0 radical (unpaired) electrons. The molecule has 142 valence electrons. The Morgan fingerprint density at radius 2 is 2.07 bits per heavy atom. The standard InChI is InChI=1S/C20H15NO5S2/c1-24-13-6-7-14-12(8-18(22)26-16(14)9-13)10-25-19(23)11-27-20-21-15-4-2-3-5-17(15)28-20/h2-9H,10-11H2,1H3. The Labute approximate surface area is 168 Å². The van der Waals surface area contributed by atoms with E-state index in [4.69, 9.17) is 13.9 Å². The summed E-state index contributed by atoms with van der Waals surface area (Å²) >= 11 is 2.88. The van der Waals surface area contributed by atoms with Crippen LogP contribution in [-0.4, -0.2) is 23.8 Å². The molecule has 0 aliphatic heterocycles. The number of carbonyl (C=O) groups is 1. The van der Waals surface area contributed by atoms with E-state index in [1.807, 2.05) is 24.3 Å². The van der Waals surface area contributed by atoms with Crippen LogP contribution in [0.3, 0.4) is 0 Å². The second-order valence-corrected chi connectivity index (χ2v) is 8.10. The molecule has 2 heterocycles. The number of aromatic nitrogens is 1. The Morgan fingerprint density at radius 1 is 1.21 bits per heavy atom. The first-order valence-corrected chi connectivity index (χ1v) is 10.2. The van der Waals surface area contributed by atoms with Gasteiger partial charge in [-0.2, -0.15) is 0 Å². The second-order valence-electron chi connectivity index (χ2n) is 5.85. The lowest BCUT2D eigenvalue weighted by Crippen LogP contribution is -2.09. The highest BCUT2D eigenvalue weighted by atomic mass is 32.2. The molecule has 0 aliphatic rings. The van der Waals surface area contributed by atoms with Gasteiger partial charge in [0.25, 0.3) is 0 Å². The molecule has 0 spiro atoms. The van der Waals surface area contributed by atoms with E-state index in [2.05, 4.69) is 4.98 Å². The number of benzene rings is 2. The van der Waals surface area contributed by atoms with Gasteiger partial charge >= 0.3 is 11.6 Å². The summed E-state index contributed by atoms with van der Waals surface area (Å²) in [6.45, 7) is -0.00628. The molecule has 0 N–H and O–H groups in total. The van der Waals surface area contributed by atoms with Crippen molar-refractivity contribution in [1.29, 1.82) is 0 Å². The number of hydrogen-bond donors (Lipinski definition) is 0. The number of nitrogens with zero attached hydrogens (tertiary/aromatic N) is 1. The minimum absolute atomic E-state index is 0.00628. The zero-order chi connectivity index (χ0) is 19.5. The van der Waals surface area contributed by atoms with Gasteiger partial charge in [0.2, 0.25) is 0 Å². The molecule has 0 saturated heterocycles. The predicted molar refractivity (Wildman–Crippen MR) is 109 cm³/mol. The molecule has 0 atom stereocenters. The van der Waals surface area contributed by atoms with Crippen LogP contribution in [-0.2, 0) is 16.1 Å². The van der Waals surface area contributed by atoms with Crippen LogP contribution in [0, 0.1) is 0 Å². The largest absolute Gasteiger partial charge is 0.497 e. The summed E-state index contributed by atoms with van der Waals surface area (Å²) < 4.78 is 17.6. The fourth-order valence-corrected chi connectivity index (χ4v) is 4.56. The summed E-state index contributed by atoms with van der Waals surface area (Å²) in [5, 5.41) is 0.701. The molecule has 2 aromatic carbocycles. The SMILES string of the molecule is COc1ccc2c(COC(=O)CSc3nc4ccccc4s3)cc(=O)oc2c1. The molecule has 2 aromatic heterocycles. The summed E-state index contributed by atoms with van der Waals surface area (Å²) in [5.74, 6) is 0.351. The van der Waals surface area contributed by atoms with E-state index in [0.29, 0.717) is 22.3 Å². The molecule has 0 amide bonds. The Balaban J connectivity index is 1.42.